The minimum Gasteiger partial charge on any atom is -0.355 e. The van der Waals surface area contributed by atoms with Crippen molar-refractivity contribution in [3.63, 3.8) is 0 Å². The van der Waals surface area contributed by atoms with Crippen LogP contribution < -0.4 is 15.9 Å². The van der Waals surface area contributed by atoms with Gasteiger partial charge in [0.05, 0.1) is 27.6 Å². The van der Waals surface area contributed by atoms with Crippen LogP contribution in [0.15, 0.2) is 11.1 Å². The molecule has 0 amide bonds. The molecule has 3 heterocycles. The van der Waals surface area contributed by atoms with Crippen LogP contribution in [0.1, 0.15) is 12.6 Å². The number of hydrogen-bond donors (Lipinski definition) is 5. The monoisotopic (exact) mass is 436 g/mol. The molecule has 152 valence electrons. The number of nitrogens with one attached hydrogen (secondary N) is 1. The normalized spacial score (nSPS) is 25.2. The fraction of sp³-hybridized carbons (Fsp3) is 0.545. The Morgan fingerprint density at radius 2 is 2.18 bits per heavy atom. The van der Waals surface area contributed by atoms with Crippen LogP contribution in [0.4, 0.5) is 5.95 Å². The Morgan fingerprint density at radius 3 is 2.82 bits per heavy atom. The Labute approximate surface area is 158 Å². The third kappa shape index (κ3) is 4.53. The largest absolute Gasteiger partial charge is 0.481 e. The average Bonchev–Trinajstić information content (AvgIpc) is 3.03. The van der Waals surface area contributed by atoms with E-state index in [1.165, 1.54) is 9.13 Å². The molecule has 17 heteroatoms. The fourth-order valence-electron chi connectivity index (χ4n) is 2.89. The van der Waals surface area contributed by atoms with Crippen LogP contribution in [0.25, 0.3) is 11.2 Å². The number of nitrogens with zero attached hydrogens (tertiary/aromatic N) is 3. The fourth-order valence-corrected chi connectivity index (χ4v) is 4.49. The standard InChI is InChI=1S/C11H16BN5O9P2/c1-16-4-17(9-8(16)10(18)15-11(13)14-9)7-2-5(12)6(25-7)3-24-28(22,23)26-27(19,20)21/h4-7H,2-3H2,1H3,(H5-,13,14,15,18,19,20,21,22,23)/p+1/t5?,6-,7-/m1/s1. The summed E-state index contributed by atoms with van der Waals surface area (Å²) in [4.78, 5) is 45.1. The van der Waals surface area contributed by atoms with Crippen LogP contribution in [0.3, 0.4) is 0 Å². The van der Waals surface area contributed by atoms with Crippen LogP contribution in [0.2, 0.25) is 5.82 Å². The number of hydrogen-bond acceptors (Lipinski definition) is 8. The lowest BCUT2D eigenvalue weighted by molar-refractivity contribution is -0.739. The zero-order chi connectivity index (χ0) is 20.9. The highest BCUT2D eigenvalue weighted by Crippen LogP contribution is 2.57. The first-order chi connectivity index (χ1) is 12.9. The molecule has 4 atom stereocenters. The van der Waals surface area contributed by atoms with Gasteiger partial charge in [-0.15, -0.1) is 0 Å². The molecule has 2 unspecified atom stereocenters. The topological polar surface area (TPSA) is 203 Å². The highest BCUT2D eigenvalue weighted by atomic mass is 31.3. The van der Waals surface area contributed by atoms with Crippen molar-refractivity contribution < 1.29 is 41.9 Å². The maximum Gasteiger partial charge on any atom is 0.481 e. The smallest absolute Gasteiger partial charge is 0.355 e. The predicted octanol–water partition coefficient (Wildman–Crippen LogP) is -1.40. The van der Waals surface area contributed by atoms with Crippen molar-refractivity contribution >= 4 is 40.6 Å². The SMILES string of the molecule is [B]C1C[C@H]([n+]2cn(C)c3c(=O)[nH]c(N)nc32)O[C@@H]1COP(=O)(O)OP(=O)(O)O. The third-order valence-corrected chi connectivity index (χ3v) is 6.15. The summed E-state index contributed by atoms with van der Waals surface area (Å²) in [6.07, 6.45) is 0.206. The number of rotatable bonds is 6. The van der Waals surface area contributed by atoms with E-state index in [9.17, 15) is 18.8 Å². The Bertz CT molecular complexity index is 1050. The molecular formula is C11H17BN5O9P2+. The van der Waals surface area contributed by atoms with Gasteiger partial charge in [0, 0.05) is 6.42 Å². The Morgan fingerprint density at radius 1 is 1.50 bits per heavy atom. The first-order valence-corrected chi connectivity index (χ1v) is 10.8. The lowest BCUT2D eigenvalue weighted by atomic mass is 9.81. The van der Waals surface area contributed by atoms with Gasteiger partial charge in [-0.1, -0.05) is 4.98 Å². The number of imidazole rings is 1. The van der Waals surface area contributed by atoms with Gasteiger partial charge in [-0.25, -0.2) is 13.7 Å². The van der Waals surface area contributed by atoms with E-state index in [0.29, 0.717) is 0 Å². The summed E-state index contributed by atoms with van der Waals surface area (Å²) >= 11 is 0. The Hall–Kier alpha value is -1.57. The highest BCUT2D eigenvalue weighted by molar-refractivity contribution is 7.60. The number of nitrogens with two attached hydrogens (primary N) is 1. The van der Waals surface area contributed by atoms with Crippen molar-refractivity contribution in [2.45, 2.75) is 24.6 Å². The van der Waals surface area contributed by atoms with Crippen molar-refractivity contribution in [3.8, 4) is 0 Å². The van der Waals surface area contributed by atoms with E-state index in [1.807, 2.05) is 0 Å². The maximum absolute atomic E-state index is 12.1. The third-order valence-electron chi connectivity index (χ3n) is 3.99. The van der Waals surface area contributed by atoms with Crippen LogP contribution in [-0.4, -0.2) is 49.8 Å². The Balaban J connectivity index is 1.78. The number of nitrogen functional groups attached to an aromatic ring is 1. The average molecular weight is 436 g/mol. The molecule has 0 aromatic carbocycles. The minimum atomic E-state index is -5.23. The molecule has 0 aliphatic carbocycles. The van der Waals surface area contributed by atoms with E-state index < -0.39 is 46.0 Å². The number of aromatic nitrogens is 4. The lowest BCUT2D eigenvalue weighted by Gasteiger charge is -2.18. The minimum absolute atomic E-state index is 0.0876. The van der Waals surface area contributed by atoms with Crippen molar-refractivity contribution in [2.75, 3.05) is 12.3 Å². The summed E-state index contributed by atoms with van der Waals surface area (Å²) in [6.45, 7) is -0.563. The van der Waals surface area contributed by atoms with Gasteiger partial charge in [0.2, 0.25) is 5.52 Å². The number of phosphoric ester groups is 1. The summed E-state index contributed by atoms with van der Waals surface area (Å²) in [7, 11) is -2.65. The van der Waals surface area contributed by atoms with Gasteiger partial charge in [0.1, 0.15) is 0 Å². The molecule has 2 radical (unpaired) electrons. The summed E-state index contributed by atoms with van der Waals surface area (Å²) in [5.41, 5.74) is 5.65. The van der Waals surface area contributed by atoms with Gasteiger partial charge >= 0.3 is 21.3 Å². The summed E-state index contributed by atoms with van der Waals surface area (Å²) < 4.78 is 39.3. The van der Waals surface area contributed by atoms with Gasteiger partial charge in [-0.3, -0.25) is 18.9 Å². The molecule has 0 bridgehead atoms. The molecule has 0 saturated carbocycles. The van der Waals surface area contributed by atoms with E-state index in [4.69, 9.17) is 28.1 Å². The van der Waals surface area contributed by atoms with Crippen molar-refractivity contribution in [3.05, 3.63) is 16.7 Å². The number of phosphoric acid groups is 2. The van der Waals surface area contributed by atoms with Crippen LogP contribution in [-0.2, 0) is 29.7 Å². The first kappa shape index (κ1) is 21.2. The molecule has 1 saturated heterocycles. The van der Waals surface area contributed by atoms with Gasteiger partial charge in [0.15, 0.2) is 12.6 Å². The molecule has 0 spiro atoms. The van der Waals surface area contributed by atoms with Gasteiger partial charge < -0.3 is 25.2 Å². The van der Waals surface area contributed by atoms with Crippen molar-refractivity contribution in [2.24, 2.45) is 7.05 Å². The second-order valence-corrected chi connectivity index (χ2v) is 8.95. The van der Waals surface area contributed by atoms with Crippen molar-refractivity contribution in [1.82, 2.24) is 14.5 Å². The van der Waals surface area contributed by atoms with Crippen LogP contribution in [0.5, 0.6) is 0 Å². The zero-order valence-corrected chi connectivity index (χ0v) is 16.2. The summed E-state index contributed by atoms with van der Waals surface area (Å²) in [6, 6.07) is 0. The van der Waals surface area contributed by atoms with Gasteiger partial charge in [0.25, 0.3) is 11.5 Å². The molecule has 14 nitrogen and oxygen atoms in total. The van der Waals surface area contributed by atoms with E-state index in [2.05, 4.69) is 18.8 Å². The number of fused-ring (bicyclic) bond motifs is 1. The molecule has 28 heavy (non-hydrogen) atoms. The first-order valence-electron chi connectivity index (χ1n) is 7.77. The highest BCUT2D eigenvalue weighted by Gasteiger charge is 2.40. The van der Waals surface area contributed by atoms with Crippen LogP contribution in [0, 0.1) is 0 Å². The van der Waals surface area contributed by atoms with Crippen LogP contribution >= 0.6 is 15.6 Å². The summed E-state index contributed by atoms with van der Waals surface area (Å²) in [5.74, 6) is -0.738. The second kappa shape index (κ2) is 7.36. The molecular weight excluding hydrogens is 419 g/mol. The second-order valence-electron chi connectivity index (χ2n) is 6.12. The van der Waals surface area contributed by atoms with E-state index in [1.54, 1.807) is 13.4 Å². The molecule has 3 rings (SSSR count). The molecule has 1 fully saturated rings. The number of ether oxygens (including phenoxy) is 1. The molecule has 2 aromatic rings. The van der Waals surface area contributed by atoms with E-state index >= 15 is 0 Å². The maximum atomic E-state index is 12.1. The zero-order valence-electron chi connectivity index (χ0n) is 14.4. The van der Waals surface area contributed by atoms with E-state index in [0.717, 1.165) is 0 Å². The van der Waals surface area contributed by atoms with Gasteiger partial charge in [-0.2, -0.15) is 4.31 Å². The number of H-pyrrole nitrogens is 1. The predicted molar refractivity (Wildman–Crippen MR) is 92.9 cm³/mol. The number of anilines is 1. The van der Waals surface area contributed by atoms with Crippen molar-refractivity contribution in [1.29, 1.82) is 0 Å². The Kier molecular flexibility index (Phi) is 5.56. The summed E-state index contributed by atoms with van der Waals surface area (Å²) in [5, 5.41) is 0. The van der Waals surface area contributed by atoms with E-state index in [-0.39, 0.29) is 23.5 Å². The molecule has 6 N–H and O–H groups in total. The molecule has 2 aromatic heterocycles. The molecule has 1 aliphatic rings. The quantitative estimate of drug-likeness (QED) is 0.202. The number of aromatic amines is 1. The number of aryl methyl sites for hydroxylation is 1. The molecule has 1 aliphatic heterocycles. The van der Waals surface area contributed by atoms with Gasteiger partial charge in [-0.05, 0) is 5.82 Å². The lowest BCUT2D eigenvalue weighted by Crippen LogP contribution is -2.39.